The maximum Gasteiger partial charge on any atom is 0.330 e. The van der Waals surface area contributed by atoms with Gasteiger partial charge in [-0.15, -0.1) is 0 Å². The summed E-state index contributed by atoms with van der Waals surface area (Å²) in [6.45, 7) is 0.108. The van der Waals surface area contributed by atoms with E-state index in [1.807, 2.05) is 0 Å². The Balaban J connectivity index is 2.21. The molecule has 1 fully saturated rings. The van der Waals surface area contributed by atoms with Gasteiger partial charge < -0.3 is 10.1 Å². The summed E-state index contributed by atoms with van der Waals surface area (Å²) in [5.41, 5.74) is -1.11. The number of hydrogen-bond acceptors (Lipinski definition) is 6. The van der Waals surface area contributed by atoms with Crippen molar-refractivity contribution < 1.29 is 19.7 Å². The molecular weight excluding hydrogens is 294 g/mol. The third kappa shape index (κ3) is 3.82. The van der Waals surface area contributed by atoms with E-state index >= 15 is 0 Å². The van der Waals surface area contributed by atoms with E-state index in [4.69, 9.17) is 9.99 Å². The first kappa shape index (κ1) is 16.0. The number of rotatable bonds is 5. The summed E-state index contributed by atoms with van der Waals surface area (Å²) in [4.78, 5) is 39.8. The Bertz CT molecular complexity index is 698. The zero-order valence-electron chi connectivity index (χ0n) is 11.6. The number of aromatic amines is 1. The number of carbonyl (C=O) groups excluding carboxylic acids is 1. The lowest BCUT2D eigenvalue weighted by molar-refractivity contribution is -0.260. The number of aromatic nitrogens is 2. The molecule has 0 radical (unpaired) electrons. The van der Waals surface area contributed by atoms with Crippen molar-refractivity contribution in [2.45, 2.75) is 25.2 Å². The zero-order valence-corrected chi connectivity index (χ0v) is 11.6. The Morgan fingerprint density at radius 3 is 3.09 bits per heavy atom. The average Bonchev–Trinajstić information content (AvgIpc) is 2.94. The quantitative estimate of drug-likeness (QED) is 0.206. The van der Waals surface area contributed by atoms with Crippen LogP contribution in [0.5, 0.6) is 0 Å². The van der Waals surface area contributed by atoms with Crippen LogP contribution < -0.4 is 16.6 Å². The van der Waals surface area contributed by atoms with Crippen molar-refractivity contribution in [1.82, 2.24) is 14.9 Å². The van der Waals surface area contributed by atoms with Crippen molar-refractivity contribution in [3.63, 3.8) is 0 Å². The number of carbonyl (C=O) groups is 1. The first-order chi connectivity index (χ1) is 10.7. The fourth-order valence-electron chi connectivity index (χ4n) is 2.12. The molecule has 1 aromatic rings. The largest absolute Gasteiger partial charge is 0.352 e. The maximum absolute atomic E-state index is 11.9. The minimum atomic E-state index is -0.604. The Morgan fingerprint density at radius 2 is 2.36 bits per heavy atom. The van der Waals surface area contributed by atoms with Gasteiger partial charge in [-0.3, -0.25) is 24.4 Å². The summed E-state index contributed by atoms with van der Waals surface area (Å²) in [5, 5.41) is 10.8. The molecule has 1 amide bonds. The minimum Gasteiger partial charge on any atom is -0.352 e. The van der Waals surface area contributed by atoms with Crippen molar-refractivity contribution in [3.8, 4) is 11.8 Å². The molecule has 2 rings (SSSR count). The molecule has 3 N–H and O–H groups in total. The molecule has 1 saturated heterocycles. The average molecular weight is 309 g/mol. The highest BCUT2D eigenvalue weighted by Gasteiger charge is 2.27. The number of nitrogens with one attached hydrogen (secondary N) is 2. The summed E-state index contributed by atoms with van der Waals surface area (Å²) in [6, 6.07) is 0. The SMILES string of the molecule is O=CNCC#Cc1cn(C2CCC(COO)O2)c(=O)[nH]c1=O. The van der Waals surface area contributed by atoms with Crippen LogP contribution >= 0.6 is 0 Å². The molecule has 118 valence electrons. The van der Waals surface area contributed by atoms with Gasteiger partial charge in [-0.2, -0.15) is 0 Å². The standard InChI is InChI=1S/C13H15N3O6/c17-8-14-5-1-2-9-6-16(13(19)15-12(9)18)11-4-3-10(22-11)7-21-20/h6,8,10-11,20H,3-5,7H2,(H,14,17)(H,15,18,19). The van der Waals surface area contributed by atoms with E-state index in [0.29, 0.717) is 19.3 Å². The predicted molar refractivity (Wildman–Crippen MR) is 74.0 cm³/mol. The van der Waals surface area contributed by atoms with E-state index in [9.17, 15) is 14.4 Å². The van der Waals surface area contributed by atoms with Crippen molar-refractivity contribution >= 4 is 6.41 Å². The number of amides is 1. The highest BCUT2D eigenvalue weighted by atomic mass is 17.1. The van der Waals surface area contributed by atoms with Gasteiger partial charge >= 0.3 is 5.69 Å². The van der Waals surface area contributed by atoms with Crippen molar-refractivity contribution in [2.75, 3.05) is 13.2 Å². The van der Waals surface area contributed by atoms with Crippen LogP contribution in [-0.2, 0) is 14.4 Å². The van der Waals surface area contributed by atoms with Gasteiger partial charge in [-0.25, -0.2) is 9.68 Å². The highest BCUT2D eigenvalue weighted by Crippen LogP contribution is 2.26. The number of nitrogens with zero attached hydrogens (tertiary/aromatic N) is 1. The third-order valence-electron chi connectivity index (χ3n) is 3.12. The summed E-state index contributed by atoms with van der Waals surface area (Å²) >= 11 is 0. The molecule has 1 aliphatic heterocycles. The van der Waals surface area contributed by atoms with E-state index in [1.165, 1.54) is 10.8 Å². The molecule has 0 saturated carbocycles. The van der Waals surface area contributed by atoms with E-state index in [0.717, 1.165) is 0 Å². The fourth-order valence-corrected chi connectivity index (χ4v) is 2.12. The Morgan fingerprint density at radius 1 is 1.55 bits per heavy atom. The molecule has 0 bridgehead atoms. The molecule has 22 heavy (non-hydrogen) atoms. The maximum atomic E-state index is 11.9. The van der Waals surface area contributed by atoms with Crippen LogP contribution in [-0.4, -0.2) is 40.5 Å². The van der Waals surface area contributed by atoms with Gasteiger partial charge in [-0.05, 0) is 12.8 Å². The van der Waals surface area contributed by atoms with E-state index in [-0.39, 0.29) is 24.8 Å². The summed E-state index contributed by atoms with van der Waals surface area (Å²) in [7, 11) is 0. The highest BCUT2D eigenvalue weighted by molar-refractivity contribution is 5.47. The summed E-state index contributed by atoms with van der Waals surface area (Å²) in [5.74, 6) is 5.17. The Labute approximate surface area is 124 Å². The van der Waals surface area contributed by atoms with Gasteiger partial charge in [0.25, 0.3) is 5.56 Å². The molecule has 1 aliphatic rings. The van der Waals surface area contributed by atoms with E-state index in [2.05, 4.69) is 27.0 Å². The van der Waals surface area contributed by atoms with Gasteiger partial charge in [0, 0.05) is 6.20 Å². The van der Waals surface area contributed by atoms with Gasteiger partial charge in [0.2, 0.25) is 6.41 Å². The van der Waals surface area contributed by atoms with Crippen LogP contribution in [0.2, 0.25) is 0 Å². The first-order valence-corrected chi connectivity index (χ1v) is 6.59. The molecule has 0 spiro atoms. The molecule has 2 atom stereocenters. The number of H-pyrrole nitrogens is 1. The zero-order chi connectivity index (χ0) is 15.9. The topological polar surface area (TPSA) is 123 Å². The molecule has 9 heteroatoms. The first-order valence-electron chi connectivity index (χ1n) is 6.59. The monoisotopic (exact) mass is 309 g/mol. The van der Waals surface area contributed by atoms with Crippen molar-refractivity contribution in [2.24, 2.45) is 0 Å². The number of hydrogen-bond donors (Lipinski definition) is 3. The van der Waals surface area contributed by atoms with Crippen molar-refractivity contribution in [3.05, 3.63) is 32.6 Å². The summed E-state index contributed by atoms with van der Waals surface area (Å²) < 4.78 is 6.80. The van der Waals surface area contributed by atoms with Gasteiger partial charge in [-0.1, -0.05) is 11.8 Å². The third-order valence-corrected chi connectivity index (χ3v) is 3.12. The Kier molecular flexibility index (Phi) is 5.48. The van der Waals surface area contributed by atoms with Gasteiger partial charge in [0.05, 0.1) is 12.6 Å². The summed E-state index contributed by atoms with van der Waals surface area (Å²) in [6.07, 6.45) is 2.09. The Hall–Kier alpha value is -2.41. The van der Waals surface area contributed by atoms with Crippen LogP contribution in [0.4, 0.5) is 0 Å². The van der Waals surface area contributed by atoms with Crippen LogP contribution in [0.1, 0.15) is 24.6 Å². The molecule has 2 unspecified atom stereocenters. The van der Waals surface area contributed by atoms with Crippen LogP contribution in [0, 0.1) is 11.8 Å². The van der Waals surface area contributed by atoms with Crippen LogP contribution in [0.15, 0.2) is 15.8 Å². The van der Waals surface area contributed by atoms with E-state index < -0.39 is 17.5 Å². The molecule has 1 aromatic heterocycles. The fraction of sp³-hybridized carbons (Fsp3) is 0.462. The van der Waals surface area contributed by atoms with E-state index in [1.54, 1.807) is 0 Å². The molecule has 0 aromatic carbocycles. The second kappa shape index (κ2) is 7.56. The number of ether oxygens (including phenoxy) is 1. The lowest BCUT2D eigenvalue weighted by Gasteiger charge is -2.15. The lowest BCUT2D eigenvalue weighted by atomic mass is 10.2. The molecule has 2 heterocycles. The van der Waals surface area contributed by atoms with Crippen molar-refractivity contribution in [1.29, 1.82) is 0 Å². The smallest absolute Gasteiger partial charge is 0.330 e. The van der Waals surface area contributed by atoms with Crippen LogP contribution in [0.3, 0.4) is 0 Å². The van der Waals surface area contributed by atoms with Gasteiger partial charge in [0.15, 0.2) is 0 Å². The second-order valence-corrected chi connectivity index (χ2v) is 4.60. The van der Waals surface area contributed by atoms with Gasteiger partial charge in [0.1, 0.15) is 18.4 Å². The normalized spacial score (nSPS) is 20.2. The molecular formula is C13H15N3O6. The lowest BCUT2D eigenvalue weighted by Crippen LogP contribution is -2.33. The second-order valence-electron chi connectivity index (χ2n) is 4.60. The molecule has 9 nitrogen and oxygen atoms in total. The van der Waals surface area contributed by atoms with Crippen LogP contribution in [0.25, 0.3) is 0 Å². The minimum absolute atomic E-state index is 0.0125. The molecule has 0 aliphatic carbocycles. The predicted octanol–water partition coefficient (Wildman–Crippen LogP) is -1.20.